The topological polar surface area (TPSA) is 29.4 Å². The highest BCUT2D eigenvalue weighted by Crippen LogP contribution is 2.10. The summed E-state index contributed by atoms with van der Waals surface area (Å²) in [7, 11) is 0. The highest BCUT2D eigenvalue weighted by molar-refractivity contribution is 9.18. The van der Waals surface area contributed by atoms with Gasteiger partial charge >= 0.3 is 0 Å². The molecule has 0 aliphatic carbocycles. The van der Waals surface area contributed by atoms with Gasteiger partial charge in [0, 0.05) is 11.8 Å². The fourth-order valence-corrected chi connectivity index (χ4v) is 0.913. The summed E-state index contributed by atoms with van der Waals surface area (Å²) in [5.74, 6) is 0.150. The van der Waals surface area contributed by atoms with Crippen molar-refractivity contribution in [3.8, 4) is 0 Å². The Kier molecular flexibility index (Phi) is 1.81. The Balaban J connectivity index is 2.86. The van der Waals surface area contributed by atoms with Crippen molar-refractivity contribution < 1.29 is 4.79 Å². The lowest BCUT2D eigenvalue weighted by molar-refractivity contribution is -0.114. The molecule has 0 aromatic rings. The molecule has 2 nitrogen and oxygen atoms in total. The summed E-state index contributed by atoms with van der Waals surface area (Å²) < 4.78 is 0.720. The van der Waals surface area contributed by atoms with Crippen LogP contribution in [-0.4, -0.2) is 10.4 Å². The van der Waals surface area contributed by atoms with Crippen LogP contribution < -0.4 is 0 Å². The molecule has 0 spiro atoms. The molecule has 0 aromatic heterocycles. The maximum Gasteiger partial charge on any atom is 0.166 e. The summed E-state index contributed by atoms with van der Waals surface area (Å²) in [5, 5.41) is 0. The lowest BCUT2D eigenvalue weighted by atomic mass is 10.1. The minimum atomic E-state index is 0.150. The van der Waals surface area contributed by atoms with E-state index in [0.29, 0.717) is 6.42 Å². The molecule has 48 valence electrons. The van der Waals surface area contributed by atoms with Gasteiger partial charge in [-0.25, -0.2) is 0 Å². The van der Waals surface area contributed by atoms with Gasteiger partial charge < -0.3 is 0 Å². The predicted molar refractivity (Wildman–Crippen MR) is 39.7 cm³/mol. The molecule has 0 saturated carbocycles. The smallest absolute Gasteiger partial charge is 0.166 e. The Hall–Kier alpha value is -0.440. The van der Waals surface area contributed by atoms with Crippen LogP contribution in [0.15, 0.2) is 16.8 Å². The average molecular weight is 188 g/mol. The van der Waals surface area contributed by atoms with Crippen LogP contribution in [-0.2, 0) is 4.79 Å². The Morgan fingerprint density at radius 3 is 2.89 bits per heavy atom. The molecule has 0 N–H and O–H groups in total. The second-order valence-electron chi connectivity index (χ2n) is 1.92. The molecule has 0 amide bonds. The van der Waals surface area contributed by atoms with Crippen molar-refractivity contribution in [2.24, 2.45) is 4.99 Å². The lowest BCUT2D eigenvalue weighted by Crippen LogP contribution is -2.07. The monoisotopic (exact) mass is 187 g/mol. The van der Waals surface area contributed by atoms with E-state index in [2.05, 4.69) is 20.9 Å². The van der Waals surface area contributed by atoms with Crippen LogP contribution in [0.1, 0.15) is 13.3 Å². The van der Waals surface area contributed by atoms with Crippen LogP contribution in [0.4, 0.5) is 0 Å². The third kappa shape index (κ3) is 1.48. The minimum absolute atomic E-state index is 0.150. The molecule has 0 unspecified atom stereocenters. The van der Waals surface area contributed by atoms with Crippen molar-refractivity contribution in [1.82, 2.24) is 0 Å². The standard InChI is InChI=1S/C6H6BrNO/c1-4-3-8-6(7)2-5(4)9/h3H,2H2,1H3. The molecule has 1 aliphatic rings. The first kappa shape index (κ1) is 6.68. The molecule has 1 aliphatic heterocycles. The van der Waals surface area contributed by atoms with Gasteiger partial charge in [0.15, 0.2) is 5.78 Å². The highest BCUT2D eigenvalue weighted by atomic mass is 79.9. The molecule has 3 heteroatoms. The predicted octanol–water partition coefficient (Wildman–Crippen LogP) is 1.66. The second kappa shape index (κ2) is 2.43. The van der Waals surface area contributed by atoms with E-state index in [4.69, 9.17) is 0 Å². The van der Waals surface area contributed by atoms with Crippen molar-refractivity contribution in [2.45, 2.75) is 13.3 Å². The fourth-order valence-electron chi connectivity index (χ4n) is 0.556. The van der Waals surface area contributed by atoms with E-state index in [9.17, 15) is 4.79 Å². The highest BCUT2D eigenvalue weighted by Gasteiger charge is 2.10. The molecule has 0 fully saturated rings. The summed E-state index contributed by atoms with van der Waals surface area (Å²) in [6, 6.07) is 0. The Bertz CT molecular complexity index is 205. The van der Waals surface area contributed by atoms with Crippen molar-refractivity contribution >= 4 is 26.3 Å². The van der Waals surface area contributed by atoms with E-state index >= 15 is 0 Å². The zero-order valence-corrected chi connectivity index (χ0v) is 6.60. The maximum atomic E-state index is 10.8. The number of ketones is 1. The van der Waals surface area contributed by atoms with Gasteiger partial charge in [0.2, 0.25) is 0 Å². The van der Waals surface area contributed by atoms with E-state index in [1.807, 2.05) is 0 Å². The number of nitrogens with zero attached hydrogens (tertiary/aromatic N) is 1. The number of carbonyl (C=O) groups is 1. The number of hydrogen-bond acceptors (Lipinski definition) is 2. The molecule has 0 radical (unpaired) electrons. The number of carbonyl (C=O) groups excluding carboxylic acids is 1. The van der Waals surface area contributed by atoms with E-state index in [-0.39, 0.29) is 5.78 Å². The van der Waals surface area contributed by atoms with Crippen molar-refractivity contribution in [1.29, 1.82) is 0 Å². The third-order valence-corrected chi connectivity index (χ3v) is 1.63. The first-order valence-electron chi connectivity index (χ1n) is 2.62. The number of allylic oxidation sites excluding steroid dienone is 1. The maximum absolute atomic E-state index is 10.8. The van der Waals surface area contributed by atoms with E-state index in [0.717, 1.165) is 10.2 Å². The van der Waals surface area contributed by atoms with E-state index in [1.54, 1.807) is 13.1 Å². The molecule has 0 saturated heterocycles. The molecule has 9 heavy (non-hydrogen) atoms. The summed E-state index contributed by atoms with van der Waals surface area (Å²) in [6.45, 7) is 1.77. The molecular formula is C6H6BrNO. The number of hydrogen-bond donors (Lipinski definition) is 0. The van der Waals surface area contributed by atoms with Gasteiger partial charge in [0.25, 0.3) is 0 Å². The van der Waals surface area contributed by atoms with Crippen LogP contribution in [0.5, 0.6) is 0 Å². The lowest BCUT2D eigenvalue weighted by Gasteiger charge is -2.02. The van der Waals surface area contributed by atoms with Crippen molar-refractivity contribution in [2.75, 3.05) is 0 Å². The van der Waals surface area contributed by atoms with Crippen LogP contribution >= 0.6 is 15.9 Å². The molecule has 0 bridgehead atoms. The summed E-state index contributed by atoms with van der Waals surface area (Å²) >= 11 is 3.14. The normalized spacial score (nSPS) is 19.1. The molecule has 1 rings (SSSR count). The van der Waals surface area contributed by atoms with Gasteiger partial charge in [-0.05, 0) is 22.9 Å². The van der Waals surface area contributed by atoms with Gasteiger partial charge in [-0.1, -0.05) is 0 Å². The first-order chi connectivity index (χ1) is 4.20. The fraction of sp³-hybridized carbons (Fsp3) is 0.333. The zero-order valence-electron chi connectivity index (χ0n) is 5.02. The Morgan fingerprint density at radius 1 is 1.78 bits per heavy atom. The van der Waals surface area contributed by atoms with E-state index in [1.165, 1.54) is 0 Å². The van der Waals surface area contributed by atoms with Gasteiger partial charge in [-0.3, -0.25) is 9.79 Å². The van der Waals surface area contributed by atoms with Gasteiger partial charge in [0.1, 0.15) is 0 Å². The number of Topliss-reactive ketones (excluding diaryl/α,β-unsaturated/α-hetero) is 1. The van der Waals surface area contributed by atoms with Crippen LogP contribution in [0.3, 0.4) is 0 Å². The minimum Gasteiger partial charge on any atom is -0.294 e. The van der Waals surface area contributed by atoms with E-state index < -0.39 is 0 Å². The van der Waals surface area contributed by atoms with Crippen LogP contribution in [0.25, 0.3) is 0 Å². The Morgan fingerprint density at radius 2 is 2.44 bits per heavy atom. The summed E-state index contributed by atoms with van der Waals surface area (Å²) in [4.78, 5) is 14.7. The van der Waals surface area contributed by atoms with Gasteiger partial charge in [-0.15, -0.1) is 0 Å². The number of aliphatic imine (C=N–C) groups is 1. The third-order valence-electron chi connectivity index (χ3n) is 1.14. The number of rotatable bonds is 0. The SMILES string of the molecule is CC1=CN=C(Br)CC1=O. The largest absolute Gasteiger partial charge is 0.294 e. The van der Waals surface area contributed by atoms with Crippen molar-refractivity contribution in [3.63, 3.8) is 0 Å². The van der Waals surface area contributed by atoms with Crippen molar-refractivity contribution in [3.05, 3.63) is 11.8 Å². The van der Waals surface area contributed by atoms with Gasteiger partial charge in [-0.2, -0.15) is 0 Å². The Labute approximate surface area is 61.8 Å². The second-order valence-corrected chi connectivity index (χ2v) is 2.83. The van der Waals surface area contributed by atoms with Crippen LogP contribution in [0, 0.1) is 0 Å². The number of halogens is 1. The summed E-state index contributed by atoms with van der Waals surface area (Å²) in [5.41, 5.74) is 0.734. The molecule has 0 atom stereocenters. The summed E-state index contributed by atoms with van der Waals surface area (Å²) in [6.07, 6.45) is 2.00. The molecular weight excluding hydrogens is 182 g/mol. The van der Waals surface area contributed by atoms with Crippen LogP contribution in [0.2, 0.25) is 0 Å². The first-order valence-corrected chi connectivity index (χ1v) is 3.41. The molecule has 1 heterocycles. The quantitative estimate of drug-likeness (QED) is 0.568. The average Bonchev–Trinajstić information content (AvgIpc) is 1.80. The zero-order chi connectivity index (χ0) is 6.85. The molecule has 0 aromatic carbocycles. The van der Waals surface area contributed by atoms with Gasteiger partial charge in [0.05, 0.1) is 11.0 Å².